The number of carbonyl (C=O) groups is 1. The molecule has 0 radical (unpaired) electrons. The van der Waals surface area contributed by atoms with Gasteiger partial charge in [0.05, 0.1) is 22.7 Å². The highest BCUT2D eigenvalue weighted by molar-refractivity contribution is 5.94. The number of rotatable bonds is 4. The molecular formula is C24H24N4O3. The molecule has 2 N–H and O–H groups in total. The lowest BCUT2D eigenvalue weighted by Crippen LogP contribution is -2.23. The van der Waals surface area contributed by atoms with Gasteiger partial charge >= 0.3 is 0 Å². The number of aromatic nitrogens is 3. The predicted molar refractivity (Wildman–Crippen MR) is 123 cm³/mol. The Labute approximate surface area is 178 Å². The van der Waals surface area contributed by atoms with Crippen molar-refractivity contribution >= 4 is 33.4 Å². The normalized spacial score (nSPS) is 11.7. The van der Waals surface area contributed by atoms with Crippen LogP contribution < -0.4 is 16.4 Å². The van der Waals surface area contributed by atoms with E-state index < -0.39 is 0 Å². The van der Waals surface area contributed by atoms with Gasteiger partial charge in [0.1, 0.15) is 0 Å². The first kappa shape index (κ1) is 20.5. The van der Waals surface area contributed by atoms with Crippen LogP contribution >= 0.6 is 0 Å². The molecule has 0 bridgehead atoms. The number of nitrogens with one attached hydrogen (secondary N) is 2. The maximum atomic E-state index is 12.5. The molecule has 1 amide bonds. The van der Waals surface area contributed by atoms with Crippen LogP contribution in [0.25, 0.3) is 21.8 Å². The first-order valence-corrected chi connectivity index (χ1v) is 10.1. The lowest BCUT2D eigenvalue weighted by Gasteiger charge is -2.21. The number of aryl methyl sites for hydroxylation is 1. The smallest absolute Gasteiger partial charge is 0.261 e. The highest BCUT2D eigenvalue weighted by atomic mass is 16.2. The zero-order valence-electron chi connectivity index (χ0n) is 17.7. The van der Waals surface area contributed by atoms with E-state index in [1.165, 1.54) is 10.9 Å². The summed E-state index contributed by atoms with van der Waals surface area (Å²) in [5.74, 6) is -0.228. The van der Waals surface area contributed by atoms with Crippen LogP contribution in [0.5, 0.6) is 0 Å². The van der Waals surface area contributed by atoms with Gasteiger partial charge in [-0.1, -0.05) is 39.0 Å². The van der Waals surface area contributed by atoms with Crippen molar-refractivity contribution in [2.75, 3.05) is 5.32 Å². The number of carbonyl (C=O) groups excluding carboxylic acids is 1. The number of amides is 1. The average Bonchev–Trinajstić information content (AvgIpc) is 2.72. The molecule has 4 rings (SSSR count). The van der Waals surface area contributed by atoms with E-state index in [2.05, 4.69) is 36.1 Å². The van der Waals surface area contributed by atoms with Crippen LogP contribution in [0.1, 0.15) is 32.8 Å². The molecule has 0 spiro atoms. The largest absolute Gasteiger partial charge is 0.326 e. The standard InChI is InChI=1S/C24H24N4O3/c1-24(2,3)18-13-22(30)27-20-12-15(8-9-16(18)20)26-21(29)10-11-28-14-25-19-7-5-4-6-17(19)23(28)31/h4-9,12-14H,10-11H2,1-3H3,(H,26,29)(H,27,30). The van der Waals surface area contributed by atoms with Crippen molar-refractivity contribution in [3.05, 3.63) is 81.1 Å². The number of pyridine rings is 1. The van der Waals surface area contributed by atoms with Gasteiger partial charge in [-0.25, -0.2) is 4.98 Å². The van der Waals surface area contributed by atoms with Crippen LogP contribution in [0.3, 0.4) is 0 Å². The summed E-state index contributed by atoms with van der Waals surface area (Å²) in [6, 6.07) is 14.2. The van der Waals surface area contributed by atoms with Gasteiger partial charge in [-0.05, 0) is 35.2 Å². The number of hydrogen-bond donors (Lipinski definition) is 2. The molecule has 4 aromatic rings. The third kappa shape index (κ3) is 4.26. The van der Waals surface area contributed by atoms with E-state index in [0.29, 0.717) is 22.1 Å². The van der Waals surface area contributed by atoms with Gasteiger partial charge in [0, 0.05) is 30.1 Å². The molecule has 2 aromatic heterocycles. The fourth-order valence-electron chi connectivity index (χ4n) is 3.67. The first-order chi connectivity index (χ1) is 14.7. The predicted octanol–water partition coefficient (Wildman–Crippen LogP) is 3.56. The summed E-state index contributed by atoms with van der Waals surface area (Å²) >= 11 is 0. The molecule has 2 heterocycles. The van der Waals surface area contributed by atoms with Crippen molar-refractivity contribution in [1.82, 2.24) is 14.5 Å². The molecule has 2 aromatic carbocycles. The van der Waals surface area contributed by atoms with Crippen LogP contribution in [-0.4, -0.2) is 20.4 Å². The van der Waals surface area contributed by atoms with E-state index in [1.807, 2.05) is 18.2 Å². The number of aromatic amines is 1. The van der Waals surface area contributed by atoms with E-state index >= 15 is 0 Å². The minimum Gasteiger partial charge on any atom is -0.326 e. The second kappa shape index (κ2) is 7.83. The van der Waals surface area contributed by atoms with Crippen molar-refractivity contribution in [3.8, 4) is 0 Å². The number of benzene rings is 2. The van der Waals surface area contributed by atoms with E-state index in [4.69, 9.17) is 0 Å². The van der Waals surface area contributed by atoms with Crippen molar-refractivity contribution in [1.29, 1.82) is 0 Å². The summed E-state index contributed by atoms with van der Waals surface area (Å²) in [6.45, 7) is 6.39. The minimum absolute atomic E-state index is 0.122. The van der Waals surface area contributed by atoms with Crippen molar-refractivity contribution < 1.29 is 4.79 Å². The van der Waals surface area contributed by atoms with Gasteiger partial charge < -0.3 is 10.3 Å². The van der Waals surface area contributed by atoms with Crippen LogP contribution in [0.2, 0.25) is 0 Å². The lowest BCUT2D eigenvalue weighted by molar-refractivity contribution is -0.116. The number of nitrogens with zero attached hydrogens (tertiary/aromatic N) is 2. The molecule has 0 aliphatic carbocycles. The summed E-state index contributed by atoms with van der Waals surface area (Å²) in [5, 5.41) is 4.31. The number of fused-ring (bicyclic) bond motifs is 2. The Balaban J connectivity index is 1.52. The Morgan fingerprint density at radius 3 is 2.61 bits per heavy atom. The Morgan fingerprint density at radius 1 is 1.06 bits per heavy atom. The maximum Gasteiger partial charge on any atom is 0.261 e. The number of H-pyrrole nitrogens is 1. The maximum absolute atomic E-state index is 12.5. The zero-order valence-corrected chi connectivity index (χ0v) is 17.7. The van der Waals surface area contributed by atoms with E-state index in [1.54, 1.807) is 30.3 Å². The topological polar surface area (TPSA) is 96.8 Å². The molecule has 7 heteroatoms. The van der Waals surface area contributed by atoms with Crippen molar-refractivity contribution in [3.63, 3.8) is 0 Å². The van der Waals surface area contributed by atoms with Crippen molar-refractivity contribution in [2.45, 2.75) is 39.2 Å². The number of anilines is 1. The van der Waals surface area contributed by atoms with Crippen molar-refractivity contribution in [2.24, 2.45) is 0 Å². The van der Waals surface area contributed by atoms with Crippen LogP contribution in [0.15, 0.2) is 64.4 Å². The van der Waals surface area contributed by atoms with Crippen LogP contribution in [0, 0.1) is 0 Å². The van der Waals surface area contributed by atoms with Gasteiger partial charge in [0.2, 0.25) is 11.5 Å². The molecule has 0 fully saturated rings. The lowest BCUT2D eigenvalue weighted by atomic mass is 9.85. The van der Waals surface area contributed by atoms with Gasteiger partial charge in [-0.15, -0.1) is 0 Å². The molecule has 158 valence electrons. The monoisotopic (exact) mass is 416 g/mol. The molecule has 0 unspecified atom stereocenters. The molecule has 0 atom stereocenters. The molecule has 0 aliphatic heterocycles. The fraction of sp³-hybridized carbons (Fsp3) is 0.250. The Morgan fingerprint density at radius 2 is 1.84 bits per heavy atom. The van der Waals surface area contributed by atoms with Gasteiger partial charge in [0.25, 0.3) is 5.56 Å². The summed E-state index contributed by atoms with van der Waals surface area (Å²) < 4.78 is 1.44. The minimum atomic E-state index is -0.228. The zero-order chi connectivity index (χ0) is 22.2. The molecule has 0 aliphatic rings. The highest BCUT2D eigenvalue weighted by Gasteiger charge is 2.18. The van der Waals surface area contributed by atoms with E-state index in [-0.39, 0.29) is 35.4 Å². The summed E-state index contributed by atoms with van der Waals surface area (Å²) in [7, 11) is 0. The quantitative estimate of drug-likeness (QED) is 0.532. The molecular weight excluding hydrogens is 392 g/mol. The van der Waals surface area contributed by atoms with Crippen LogP contribution in [-0.2, 0) is 16.8 Å². The van der Waals surface area contributed by atoms with Gasteiger partial charge in [0.15, 0.2) is 0 Å². The fourth-order valence-corrected chi connectivity index (χ4v) is 3.67. The third-order valence-corrected chi connectivity index (χ3v) is 5.25. The Hall–Kier alpha value is -3.74. The Bertz CT molecular complexity index is 1410. The average molecular weight is 416 g/mol. The second-order valence-corrected chi connectivity index (χ2v) is 8.62. The molecule has 0 saturated carbocycles. The number of hydrogen-bond acceptors (Lipinski definition) is 4. The van der Waals surface area contributed by atoms with Gasteiger partial charge in [-0.3, -0.25) is 19.0 Å². The van der Waals surface area contributed by atoms with Gasteiger partial charge in [-0.2, -0.15) is 0 Å². The van der Waals surface area contributed by atoms with E-state index in [9.17, 15) is 14.4 Å². The summed E-state index contributed by atoms with van der Waals surface area (Å²) in [6.07, 6.45) is 1.59. The molecule has 31 heavy (non-hydrogen) atoms. The third-order valence-electron chi connectivity index (χ3n) is 5.25. The SMILES string of the molecule is CC(C)(C)c1cc(=O)[nH]c2cc(NC(=O)CCn3cnc4ccccc4c3=O)ccc12. The Kier molecular flexibility index (Phi) is 5.19. The highest BCUT2D eigenvalue weighted by Crippen LogP contribution is 2.29. The first-order valence-electron chi connectivity index (χ1n) is 10.1. The second-order valence-electron chi connectivity index (χ2n) is 8.62. The number of para-hydroxylation sites is 1. The van der Waals surface area contributed by atoms with E-state index in [0.717, 1.165) is 10.9 Å². The summed E-state index contributed by atoms with van der Waals surface area (Å²) in [5.41, 5.74) is 2.31. The molecule has 7 nitrogen and oxygen atoms in total. The summed E-state index contributed by atoms with van der Waals surface area (Å²) in [4.78, 5) is 44.2. The molecule has 0 saturated heterocycles. The van der Waals surface area contributed by atoms with Crippen LogP contribution in [0.4, 0.5) is 5.69 Å².